The first-order valence-electron chi connectivity index (χ1n) is 6.66. The molecule has 0 saturated heterocycles. The van der Waals surface area contributed by atoms with Crippen molar-refractivity contribution in [2.45, 2.75) is 26.5 Å². The summed E-state index contributed by atoms with van der Waals surface area (Å²) in [6.45, 7) is 3.93. The number of hydrogen-bond acceptors (Lipinski definition) is 3. The van der Waals surface area contributed by atoms with Gasteiger partial charge < -0.3 is 10.0 Å². The normalized spacial score (nSPS) is 14.3. The van der Waals surface area contributed by atoms with Gasteiger partial charge >= 0.3 is 0 Å². The Hall–Kier alpha value is -1.87. The Balaban J connectivity index is 1.95. The first kappa shape index (κ1) is 12.2. The van der Waals surface area contributed by atoms with Crippen LogP contribution in [0.25, 0.3) is 0 Å². The number of rotatable bonds is 2. The highest BCUT2D eigenvalue weighted by Crippen LogP contribution is 2.27. The summed E-state index contributed by atoms with van der Waals surface area (Å²) in [7, 11) is 0. The maximum absolute atomic E-state index is 9.47. The Labute approximate surface area is 113 Å². The van der Waals surface area contributed by atoms with E-state index in [1.165, 1.54) is 11.1 Å². The van der Waals surface area contributed by atoms with Crippen LogP contribution in [0.2, 0.25) is 0 Å². The van der Waals surface area contributed by atoms with E-state index in [-0.39, 0.29) is 6.61 Å². The highest BCUT2D eigenvalue weighted by atomic mass is 16.3. The predicted molar refractivity (Wildman–Crippen MR) is 76.1 cm³/mol. The SMILES string of the molecule is Cc1cc(N2CCc3ccccc3C2)c(CO)cn1. The van der Waals surface area contributed by atoms with Crippen molar-refractivity contribution in [1.29, 1.82) is 0 Å². The van der Waals surface area contributed by atoms with Crippen molar-refractivity contribution in [2.24, 2.45) is 0 Å². The van der Waals surface area contributed by atoms with Crippen molar-refractivity contribution in [3.8, 4) is 0 Å². The smallest absolute Gasteiger partial charge is 0.0717 e. The molecule has 3 rings (SSSR count). The summed E-state index contributed by atoms with van der Waals surface area (Å²) in [6, 6.07) is 10.7. The summed E-state index contributed by atoms with van der Waals surface area (Å²) in [5.74, 6) is 0. The number of hydrogen-bond donors (Lipinski definition) is 1. The summed E-state index contributed by atoms with van der Waals surface area (Å²) in [4.78, 5) is 6.60. The summed E-state index contributed by atoms with van der Waals surface area (Å²) < 4.78 is 0. The van der Waals surface area contributed by atoms with Crippen molar-refractivity contribution in [2.75, 3.05) is 11.4 Å². The number of fused-ring (bicyclic) bond motifs is 1. The molecule has 3 nitrogen and oxygen atoms in total. The van der Waals surface area contributed by atoms with E-state index in [2.05, 4.69) is 40.2 Å². The molecule has 1 aromatic heterocycles. The van der Waals surface area contributed by atoms with Gasteiger partial charge in [-0.15, -0.1) is 0 Å². The third-order valence-corrected chi connectivity index (χ3v) is 3.74. The van der Waals surface area contributed by atoms with E-state index in [1.807, 2.05) is 6.92 Å². The zero-order valence-corrected chi connectivity index (χ0v) is 11.1. The van der Waals surface area contributed by atoms with Crippen LogP contribution in [-0.4, -0.2) is 16.6 Å². The van der Waals surface area contributed by atoms with Crippen LogP contribution in [0.15, 0.2) is 36.5 Å². The first-order valence-corrected chi connectivity index (χ1v) is 6.66. The number of aryl methyl sites for hydroxylation is 1. The molecule has 1 aliphatic rings. The molecule has 19 heavy (non-hydrogen) atoms. The molecule has 0 radical (unpaired) electrons. The Morgan fingerprint density at radius 1 is 1.26 bits per heavy atom. The standard InChI is InChI=1S/C16H18N2O/c1-12-8-16(15(11-19)9-17-12)18-7-6-13-4-2-3-5-14(13)10-18/h2-5,8-9,19H,6-7,10-11H2,1H3. The van der Waals surface area contributed by atoms with Gasteiger partial charge in [0.1, 0.15) is 0 Å². The molecule has 1 aromatic carbocycles. The highest BCUT2D eigenvalue weighted by Gasteiger charge is 2.18. The molecule has 2 heterocycles. The molecule has 1 aliphatic heterocycles. The first-order chi connectivity index (χ1) is 9.28. The van der Waals surface area contributed by atoms with Crippen molar-refractivity contribution < 1.29 is 5.11 Å². The second-order valence-electron chi connectivity index (χ2n) is 5.05. The number of pyridine rings is 1. The number of aromatic nitrogens is 1. The maximum atomic E-state index is 9.47. The van der Waals surface area contributed by atoms with Crippen LogP contribution in [0.5, 0.6) is 0 Å². The Morgan fingerprint density at radius 3 is 2.84 bits per heavy atom. The van der Waals surface area contributed by atoms with E-state index in [4.69, 9.17) is 0 Å². The quantitative estimate of drug-likeness (QED) is 0.894. The van der Waals surface area contributed by atoms with Gasteiger partial charge in [-0.1, -0.05) is 24.3 Å². The third kappa shape index (κ3) is 2.34. The van der Waals surface area contributed by atoms with E-state index < -0.39 is 0 Å². The van der Waals surface area contributed by atoms with E-state index in [9.17, 15) is 5.11 Å². The van der Waals surface area contributed by atoms with Gasteiger partial charge in [-0.25, -0.2) is 0 Å². The number of aliphatic hydroxyl groups is 1. The zero-order chi connectivity index (χ0) is 13.2. The molecule has 3 heteroatoms. The van der Waals surface area contributed by atoms with Crippen molar-refractivity contribution in [1.82, 2.24) is 4.98 Å². The van der Waals surface area contributed by atoms with E-state index >= 15 is 0 Å². The lowest BCUT2D eigenvalue weighted by molar-refractivity contribution is 0.281. The molecule has 0 bridgehead atoms. The molecule has 98 valence electrons. The Morgan fingerprint density at radius 2 is 2.05 bits per heavy atom. The van der Waals surface area contributed by atoms with Crippen LogP contribution < -0.4 is 4.90 Å². The van der Waals surface area contributed by atoms with E-state index in [0.29, 0.717) is 0 Å². The summed E-state index contributed by atoms with van der Waals surface area (Å²) >= 11 is 0. The minimum absolute atomic E-state index is 0.0424. The fraction of sp³-hybridized carbons (Fsp3) is 0.312. The molecule has 0 spiro atoms. The Bertz CT molecular complexity index is 595. The second-order valence-corrected chi connectivity index (χ2v) is 5.05. The Kier molecular flexibility index (Phi) is 3.22. The average molecular weight is 254 g/mol. The van der Waals surface area contributed by atoms with E-state index in [1.54, 1.807) is 6.20 Å². The zero-order valence-electron chi connectivity index (χ0n) is 11.1. The summed E-state index contributed by atoms with van der Waals surface area (Å²) in [5.41, 5.74) is 5.84. The van der Waals surface area contributed by atoms with Crippen molar-refractivity contribution in [3.05, 3.63) is 58.9 Å². The average Bonchev–Trinajstić information content (AvgIpc) is 2.46. The van der Waals surface area contributed by atoms with Crippen LogP contribution in [0, 0.1) is 6.92 Å². The van der Waals surface area contributed by atoms with Gasteiger partial charge in [0.15, 0.2) is 0 Å². The lowest BCUT2D eigenvalue weighted by Crippen LogP contribution is -2.31. The van der Waals surface area contributed by atoms with Gasteiger partial charge in [-0.2, -0.15) is 0 Å². The molecular formula is C16H18N2O. The molecule has 2 aromatic rings. The number of nitrogens with zero attached hydrogens (tertiary/aromatic N) is 2. The number of aliphatic hydroxyl groups excluding tert-OH is 1. The lowest BCUT2D eigenvalue weighted by Gasteiger charge is -2.32. The second kappa shape index (κ2) is 5.02. The van der Waals surface area contributed by atoms with Gasteiger partial charge in [-0.05, 0) is 30.5 Å². The van der Waals surface area contributed by atoms with Crippen LogP contribution in [-0.2, 0) is 19.6 Å². The van der Waals surface area contributed by atoms with Gasteiger partial charge in [0.05, 0.1) is 6.61 Å². The molecule has 1 N–H and O–H groups in total. The number of anilines is 1. The van der Waals surface area contributed by atoms with Gasteiger partial charge in [0.25, 0.3) is 0 Å². The molecule has 0 aliphatic carbocycles. The van der Waals surface area contributed by atoms with Gasteiger partial charge in [0, 0.05) is 36.2 Å². The molecule has 0 unspecified atom stereocenters. The minimum Gasteiger partial charge on any atom is -0.392 e. The minimum atomic E-state index is 0.0424. The topological polar surface area (TPSA) is 36.4 Å². The predicted octanol–water partition coefficient (Wildman–Crippen LogP) is 2.45. The lowest BCUT2D eigenvalue weighted by atomic mass is 9.99. The molecule has 0 saturated carbocycles. The van der Waals surface area contributed by atoms with Crippen LogP contribution in [0.1, 0.15) is 22.4 Å². The molecular weight excluding hydrogens is 236 g/mol. The number of benzene rings is 1. The van der Waals surface area contributed by atoms with Crippen molar-refractivity contribution >= 4 is 5.69 Å². The molecule has 0 atom stereocenters. The maximum Gasteiger partial charge on any atom is 0.0717 e. The van der Waals surface area contributed by atoms with E-state index in [0.717, 1.165) is 36.5 Å². The molecule has 0 fully saturated rings. The monoisotopic (exact) mass is 254 g/mol. The fourth-order valence-electron chi connectivity index (χ4n) is 2.69. The van der Waals surface area contributed by atoms with Crippen LogP contribution >= 0.6 is 0 Å². The van der Waals surface area contributed by atoms with Gasteiger partial charge in [-0.3, -0.25) is 4.98 Å². The molecule has 0 amide bonds. The van der Waals surface area contributed by atoms with Crippen molar-refractivity contribution in [3.63, 3.8) is 0 Å². The summed E-state index contributed by atoms with van der Waals surface area (Å²) in [5, 5.41) is 9.47. The highest BCUT2D eigenvalue weighted by molar-refractivity contribution is 5.55. The largest absolute Gasteiger partial charge is 0.392 e. The summed E-state index contributed by atoms with van der Waals surface area (Å²) in [6.07, 6.45) is 2.84. The van der Waals surface area contributed by atoms with Gasteiger partial charge in [0.2, 0.25) is 0 Å². The third-order valence-electron chi connectivity index (χ3n) is 3.74. The fourth-order valence-corrected chi connectivity index (χ4v) is 2.69. The van der Waals surface area contributed by atoms with Crippen LogP contribution in [0.4, 0.5) is 5.69 Å². The van der Waals surface area contributed by atoms with Crippen LogP contribution in [0.3, 0.4) is 0 Å².